The Morgan fingerprint density at radius 3 is 2.33 bits per heavy atom. The number of fused-ring (bicyclic) bond motifs is 1. The lowest BCUT2D eigenvalue weighted by Gasteiger charge is -2.30. The van der Waals surface area contributed by atoms with Crippen LogP contribution in [0.3, 0.4) is 0 Å². The zero-order valence-corrected chi connectivity index (χ0v) is 25.6. The molecule has 4 heteroatoms. The molecule has 0 aromatic heterocycles. The second kappa shape index (κ2) is 23.3. The third kappa shape index (κ3) is 12.7. The van der Waals surface area contributed by atoms with Gasteiger partial charge >= 0.3 is 0 Å². The molecule has 0 radical (unpaired) electrons. The van der Waals surface area contributed by atoms with E-state index < -0.39 is 8.15 Å². The minimum Gasteiger partial charge on any atom is -0.485 e. The molecule has 0 fully saturated rings. The molecule has 1 aromatic rings. The third-order valence-electron chi connectivity index (χ3n) is 4.91. The molecule has 0 amide bonds. The van der Waals surface area contributed by atoms with Crippen molar-refractivity contribution < 1.29 is 9.05 Å². The van der Waals surface area contributed by atoms with Gasteiger partial charge in [-0.25, -0.2) is 0 Å². The molecule has 1 aromatic carbocycles. The van der Waals surface area contributed by atoms with Crippen molar-refractivity contribution in [2.24, 2.45) is 0 Å². The molecule has 0 spiro atoms. The Balaban J connectivity index is 0.00000291. The summed E-state index contributed by atoms with van der Waals surface area (Å²) < 4.78 is 12.1. The SMILES string of the molecule is C/C=C1\C(=C/C)OP(CCPO/C=C/C=C\C=C\C(=C\C)C/C=C\CC)c2ccccc21.CC.CC. The Morgan fingerprint density at radius 2 is 1.67 bits per heavy atom. The van der Waals surface area contributed by atoms with E-state index >= 15 is 0 Å². The highest BCUT2D eigenvalue weighted by Gasteiger charge is 2.27. The average Bonchev–Trinajstić information content (AvgIpc) is 2.94. The molecule has 0 saturated carbocycles. The second-order valence-electron chi connectivity index (χ2n) is 7.10. The topological polar surface area (TPSA) is 18.5 Å². The fourth-order valence-electron chi connectivity index (χ4n) is 3.26. The zero-order valence-electron chi connectivity index (χ0n) is 23.8. The number of allylic oxidation sites excluding steroid dienone is 12. The van der Waals surface area contributed by atoms with Gasteiger partial charge in [-0.1, -0.05) is 107 Å². The van der Waals surface area contributed by atoms with Gasteiger partial charge in [0.1, 0.15) is 13.9 Å². The van der Waals surface area contributed by atoms with E-state index in [0.29, 0.717) is 8.81 Å². The van der Waals surface area contributed by atoms with E-state index in [0.717, 1.165) is 30.9 Å². The van der Waals surface area contributed by atoms with E-state index in [4.69, 9.17) is 9.05 Å². The first-order valence-electron chi connectivity index (χ1n) is 13.3. The summed E-state index contributed by atoms with van der Waals surface area (Å²) in [6, 6.07) is 8.62. The maximum absolute atomic E-state index is 6.36. The van der Waals surface area contributed by atoms with Gasteiger partial charge in [-0.2, -0.15) is 0 Å². The van der Waals surface area contributed by atoms with E-state index in [1.54, 1.807) is 6.26 Å². The monoisotopic (exact) mass is 526 g/mol. The minimum atomic E-state index is -0.651. The Labute approximate surface area is 225 Å². The van der Waals surface area contributed by atoms with Crippen molar-refractivity contribution >= 4 is 27.8 Å². The third-order valence-corrected chi connectivity index (χ3v) is 8.06. The molecule has 0 bridgehead atoms. The molecule has 2 atom stereocenters. The van der Waals surface area contributed by atoms with Gasteiger partial charge in [-0.3, -0.25) is 0 Å². The summed E-state index contributed by atoms with van der Waals surface area (Å²) in [6.45, 7) is 16.3. The summed E-state index contributed by atoms with van der Waals surface area (Å²) in [4.78, 5) is 0. The minimum absolute atomic E-state index is 0.435. The fourth-order valence-corrected chi connectivity index (χ4v) is 6.31. The molecule has 2 rings (SSSR count). The van der Waals surface area contributed by atoms with Crippen LogP contribution in [-0.4, -0.2) is 12.3 Å². The van der Waals surface area contributed by atoms with Crippen molar-refractivity contribution in [3.63, 3.8) is 0 Å². The number of rotatable bonds is 11. The molecule has 36 heavy (non-hydrogen) atoms. The summed E-state index contributed by atoms with van der Waals surface area (Å²) in [7, 11) is -0.216. The fraction of sp³-hybridized carbons (Fsp3) is 0.375. The number of hydrogen-bond donors (Lipinski definition) is 0. The van der Waals surface area contributed by atoms with Crippen LogP contribution in [0.5, 0.6) is 0 Å². The van der Waals surface area contributed by atoms with Gasteiger partial charge < -0.3 is 9.05 Å². The predicted octanol–water partition coefficient (Wildman–Crippen LogP) is 10.6. The largest absolute Gasteiger partial charge is 0.485 e. The zero-order chi connectivity index (χ0) is 27.0. The molecule has 1 aliphatic heterocycles. The van der Waals surface area contributed by atoms with Crippen molar-refractivity contribution in [1.82, 2.24) is 0 Å². The summed E-state index contributed by atoms with van der Waals surface area (Å²) in [5.74, 6) is 1.00. The Hall–Kier alpha value is -2.14. The smallest absolute Gasteiger partial charge is 0.127 e. The Kier molecular flexibility index (Phi) is 21.9. The summed E-state index contributed by atoms with van der Waals surface area (Å²) in [5.41, 5.74) is 3.82. The predicted molar refractivity (Wildman–Crippen MR) is 169 cm³/mol. The first kappa shape index (κ1) is 33.9. The van der Waals surface area contributed by atoms with Crippen LogP contribution < -0.4 is 5.30 Å². The highest BCUT2D eigenvalue weighted by molar-refractivity contribution is 7.61. The lowest BCUT2D eigenvalue weighted by Crippen LogP contribution is -2.18. The molecular formula is C32H48O2P2. The number of benzene rings is 1. The van der Waals surface area contributed by atoms with E-state index in [1.807, 2.05) is 52.8 Å². The van der Waals surface area contributed by atoms with Gasteiger partial charge in [-0.15, -0.1) is 0 Å². The van der Waals surface area contributed by atoms with Gasteiger partial charge in [0, 0.05) is 23.2 Å². The molecule has 1 aliphatic rings. The van der Waals surface area contributed by atoms with Crippen molar-refractivity contribution in [1.29, 1.82) is 0 Å². The van der Waals surface area contributed by atoms with Crippen LogP contribution in [0, 0.1) is 0 Å². The summed E-state index contributed by atoms with van der Waals surface area (Å²) in [6.07, 6.45) is 26.8. The van der Waals surface area contributed by atoms with Crippen LogP contribution in [0.15, 0.2) is 103 Å². The average molecular weight is 527 g/mol. The van der Waals surface area contributed by atoms with Crippen molar-refractivity contribution in [2.75, 3.05) is 12.3 Å². The molecule has 2 unspecified atom stereocenters. The van der Waals surface area contributed by atoms with Crippen molar-refractivity contribution in [3.8, 4) is 0 Å². The molecule has 0 saturated heterocycles. The van der Waals surface area contributed by atoms with Crippen molar-refractivity contribution in [2.45, 2.75) is 68.2 Å². The summed E-state index contributed by atoms with van der Waals surface area (Å²) >= 11 is 0. The molecule has 0 aliphatic carbocycles. The van der Waals surface area contributed by atoms with Crippen LogP contribution in [0.25, 0.3) is 5.57 Å². The second-order valence-corrected chi connectivity index (χ2v) is 9.99. The van der Waals surface area contributed by atoms with Gasteiger partial charge in [0.2, 0.25) is 0 Å². The normalized spacial score (nSPS) is 18.1. The van der Waals surface area contributed by atoms with E-state index in [9.17, 15) is 0 Å². The molecular weight excluding hydrogens is 478 g/mol. The van der Waals surface area contributed by atoms with E-state index in [2.05, 4.69) is 87.6 Å². The standard InChI is InChI=1S/C28H36O2P2.2C2H6/c1-5-9-12-17-24(6-2)18-13-10-11-16-21-29-31-22-23-32-28-20-15-14-19-26(28)25(7-3)27(8-4)30-32;2*1-2/h6-16,18-21,31H,5,17,22-23H2,1-4H3;2*1-2H3/b11-10-,12-9-,18-13+,21-16+,24-6+,25-7-,27-8+;;. The van der Waals surface area contributed by atoms with Crippen LogP contribution in [-0.2, 0) is 9.05 Å². The highest BCUT2D eigenvalue weighted by atomic mass is 31.1. The molecule has 1 heterocycles. The van der Waals surface area contributed by atoms with Gasteiger partial charge in [0.25, 0.3) is 0 Å². The van der Waals surface area contributed by atoms with Crippen molar-refractivity contribution in [3.05, 3.63) is 108 Å². The van der Waals surface area contributed by atoms with Crippen LogP contribution in [0.2, 0.25) is 0 Å². The first-order chi connectivity index (χ1) is 17.7. The van der Waals surface area contributed by atoms with Gasteiger partial charge in [0.15, 0.2) is 0 Å². The highest BCUT2D eigenvalue weighted by Crippen LogP contribution is 2.48. The Morgan fingerprint density at radius 1 is 0.944 bits per heavy atom. The quantitative estimate of drug-likeness (QED) is 0.0938. The lowest BCUT2D eigenvalue weighted by atomic mass is 10.0. The lowest BCUT2D eigenvalue weighted by molar-refractivity contribution is 0.500. The maximum Gasteiger partial charge on any atom is 0.127 e. The van der Waals surface area contributed by atoms with Gasteiger partial charge in [0.05, 0.1) is 15.1 Å². The number of hydrogen-bond acceptors (Lipinski definition) is 2. The first-order valence-corrected chi connectivity index (χ1v) is 15.9. The molecule has 198 valence electrons. The molecule has 2 nitrogen and oxygen atoms in total. The van der Waals surface area contributed by atoms with Crippen LogP contribution in [0.4, 0.5) is 0 Å². The van der Waals surface area contributed by atoms with E-state index in [-0.39, 0.29) is 0 Å². The Bertz CT molecular complexity index is 918. The molecule has 0 N–H and O–H groups in total. The summed E-state index contributed by atoms with van der Waals surface area (Å²) in [5, 5.41) is 1.34. The maximum atomic E-state index is 6.36. The van der Waals surface area contributed by atoms with Crippen LogP contribution in [0.1, 0.15) is 73.8 Å². The van der Waals surface area contributed by atoms with Gasteiger partial charge in [-0.05, 0) is 56.9 Å². The van der Waals surface area contributed by atoms with E-state index in [1.165, 1.54) is 22.0 Å². The van der Waals surface area contributed by atoms with Crippen LogP contribution >= 0.6 is 17.0 Å².